The number of carbonyl (C=O) groups is 1. The predicted octanol–water partition coefficient (Wildman–Crippen LogP) is 1.60. The number of pyridine rings is 1. The van der Waals surface area contributed by atoms with Crippen molar-refractivity contribution in [1.82, 2.24) is 4.98 Å². The van der Waals surface area contributed by atoms with Gasteiger partial charge < -0.3 is 10.3 Å². The van der Waals surface area contributed by atoms with E-state index in [1.54, 1.807) is 6.92 Å². The molecule has 1 aromatic rings. The topological polar surface area (TPSA) is 62.0 Å². The third-order valence-electron chi connectivity index (χ3n) is 2.93. The summed E-state index contributed by atoms with van der Waals surface area (Å²) in [7, 11) is 0. The molecule has 1 aliphatic rings. The summed E-state index contributed by atoms with van der Waals surface area (Å²) in [6.45, 7) is 1.77. The van der Waals surface area contributed by atoms with E-state index in [0.717, 1.165) is 36.9 Å². The van der Waals surface area contributed by atoms with Gasteiger partial charge in [0.2, 0.25) is 5.91 Å². The second-order valence-corrected chi connectivity index (χ2v) is 4.12. The van der Waals surface area contributed by atoms with Gasteiger partial charge in [-0.1, -0.05) is 6.92 Å². The number of carbonyl (C=O) groups excluding carboxylic acids is 1. The Morgan fingerprint density at radius 3 is 2.94 bits per heavy atom. The van der Waals surface area contributed by atoms with Crippen molar-refractivity contribution in [1.29, 1.82) is 0 Å². The number of rotatable bonds is 2. The van der Waals surface area contributed by atoms with Crippen LogP contribution in [0, 0.1) is 0 Å². The highest BCUT2D eigenvalue weighted by Crippen LogP contribution is 2.19. The van der Waals surface area contributed by atoms with Gasteiger partial charge in [0.25, 0.3) is 5.56 Å². The smallest absolute Gasteiger partial charge is 0.271 e. The Hall–Kier alpha value is -1.58. The van der Waals surface area contributed by atoms with Crippen LogP contribution in [-0.2, 0) is 17.6 Å². The molecule has 2 rings (SSSR count). The molecule has 1 aliphatic carbocycles. The molecule has 0 bridgehead atoms. The van der Waals surface area contributed by atoms with Gasteiger partial charge in [-0.25, -0.2) is 0 Å². The van der Waals surface area contributed by atoms with Crippen LogP contribution in [0.2, 0.25) is 0 Å². The number of H-pyrrole nitrogens is 1. The van der Waals surface area contributed by atoms with E-state index in [9.17, 15) is 9.59 Å². The molecule has 16 heavy (non-hydrogen) atoms. The quantitative estimate of drug-likeness (QED) is 0.795. The molecule has 0 atom stereocenters. The molecule has 1 aromatic heterocycles. The molecule has 0 radical (unpaired) electrons. The number of fused-ring (bicyclic) bond motifs is 1. The fourth-order valence-electron chi connectivity index (χ4n) is 2.01. The second-order valence-electron chi connectivity index (χ2n) is 4.12. The number of aromatic nitrogens is 1. The van der Waals surface area contributed by atoms with Crippen LogP contribution in [0.3, 0.4) is 0 Å². The van der Waals surface area contributed by atoms with Gasteiger partial charge in [0, 0.05) is 12.1 Å². The zero-order chi connectivity index (χ0) is 11.5. The van der Waals surface area contributed by atoms with E-state index in [0.29, 0.717) is 12.1 Å². The molecular formula is C12H16N2O2. The SMILES string of the molecule is CCC(=O)Nc1cc2c([nH]c1=O)CCCC2. The van der Waals surface area contributed by atoms with Crippen LogP contribution in [0.1, 0.15) is 37.4 Å². The van der Waals surface area contributed by atoms with E-state index in [2.05, 4.69) is 10.3 Å². The monoisotopic (exact) mass is 220 g/mol. The maximum Gasteiger partial charge on any atom is 0.271 e. The minimum absolute atomic E-state index is 0.124. The van der Waals surface area contributed by atoms with Crippen molar-refractivity contribution < 1.29 is 4.79 Å². The summed E-state index contributed by atoms with van der Waals surface area (Å²) in [5.41, 5.74) is 2.39. The lowest BCUT2D eigenvalue weighted by atomic mass is 9.96. The molecule has 0 aliphatic heterocycles. The summed E-state index contributed by atoms with van der Waals surface area (Å²) in [5.74, 6) is -0.124. The Morgan fingerprint density at radius 1 is 1.44 bits per heavy atom. The molecule has 0 unspecified atom stereocenters. The van der Waals surface area contributed by atoms with Crippen LogP contribution in [0.5, 0.6) is 0 Å². The standard InChI is InChI=1S/C12H16N2O2/c1-2-11(15)13-10-7-8-5-3-4-6-9(8)14-12(10)16/h7H,2-6H2,1H3,(H,13,15)(H,14,16). The fourth-order valence-corrected chi connectivity index (χ4v) is 2.01. The third kappa shape index (κ3) is 2.15. The number of aromatic amines is 1. The van der Waals surface area contributed by atoms with Gasteiger partial charge in [-0.2, -0.15) is 0 Å². The molecule has 0 saturated heterocycles. The zero-order valence-electron chi connectivity index (χ0n) is 9.43. The Bertz CT molecular complexity index is 463. The van der Waals surface area contributed by atoms with E-state index < -0.39 is 0 Å². The Morgan fingerprint density at radius 2 is 2.19 bits per heavy atom. The Labute approximate surface area is 94.1 Å². The van der Waals surface area contributed by atoms with Crippen molar-refractivity contribution in [2.75, 3.05) is 5.32 Å². The second kappa shape index (κ2) is 4.51. The van der Waals surface area contributed by atoms with Crippen molar-refractivity contribution in [2.45, 2.75) is 39.0 Å². The van der Waals surface area contributed by atoms with Crippen LogP contribution < -0.4 is 10.9 Å². The molecule has 2 N–H and O–H groups in total. The van der Waals surface area contributed by atoms with Crippen molar-refractivity contribution >= 4 is 11.6 Å². The lowest BCUT2D eigenvalue weighted by Gasteiger charge is -2.16. The third-order valence-corrected chi connectivity index (χ3v) is 2.93. The summed E-state index contributed by atoms with van der Waals surface area (Å²) in [6, 6.07) is 1.82. The maximum atomic E-state index is 11.7. The minimum Gasteiger partial charge on any atom is -0.324 e. The summed E-state index contributed by atoms with van der Waals surface area (Å²) in [6.07, 6.45) is 4.59. The van der Waals surface area contributed by atoms with Gasteiger partial charge in [-0.05, 0) is 37.3 Å². The number of amides is 1. The number of hydrogen-bond acceptors (Lipinski definition) is 2. The Balaban J connectivity index is 2.32. The fraction of sp³-hybridized carbons (Fsp3) is 0.500. The highest BCUT2D eigenvalue weighted by molar-refractivity contribution is 5.90. The van der Waals surface area contributed by atoms with E-state index >= 15 is 0 Å². The van der Waals surface area contributed by atoms with Crippen molar-refractivity contribution in [3.8, 4) is 0 Å². The van der Waals surface area contributed by atoms with Crippen molar-refractivity contribution in [3.05, 3.63) is 27.7 Å². The number of aryl methyl sites for hydroxylation is 2. The first-order valence-electron chi connectivity index (χ1n) is 5.75. The van der Waals surface area contributed by atoms with Crippen molar-refractivity contribution in [2.24, 2.45) is 0 Å². The van der Waals surface area contributed by atoms with E-state index in [4.69, 9.17) is 0 Å². The molecule has 4 nitrogen and oxygen atoms in total. The van der Waals surface area contributed by atoms with E-state index in [1.807, 2.05) is 6.07 Å². The number of nitrogens with one attached hydrogen (secondary N) is 2. The molecule has 0 spiro atoms. The number of hydrogen-bond donors (Lipinski definition) is 2. The highest BCUT2D eigenvalue weighted by Gasteiger charge is 2.13. The first-order chi connectivity index (χ1) is 7.70. The largest absolute Gasteiger partial charge is 0.324 e. The molecule has 0 fully saturated rings. The van der Waals surface area contributed by atoms with Gasteiger partial charge in [-0.3, -0.25) is 9.59 Å². The van der Waals surface area contributed by atoms with Gasteiger partial charge in [0.15, 0.2) is 0 Å². The zero-order valence-corrected chi connectivity index (χ0v) is 9.43. The lowest BCUT2D eigenvalue weighted by Crippen LogP contribution is -2.22. The normalized spacial score (nSPS) is 14.3. The summed E-state index contributed by atoms with van der Waals surface area (Å²) < 4.78 is 0. The molecule has 1 heterocycles. The summed E-state index contributed by atoms with van der Waals surface area (Å²) in [5, 5.41) is 2.63. The average molecular weight is 220 g/mol. The van der Waals surface area contributed by atoms with Gasteiger partial charge in [-0.15, -0.1) is 0 Å². The highest BCUT2D eigenvalue weighted by atomic mass is 16.2. The molecule has 4 heteroatoms. The molecule has 0 saturated carbocycles. The summed E-state index contributed by atoms with van der Waals surface area (Å²) >= 11 is 0. The van der Waals surface area contributed by atoms with Crippen molar-refractivity contribution in [3.63, 3.8) is 0 Å². The van der Waals surface area contributed by atoms with Crippen LogP contribution in [-0.4, -0.2) is 10.9 Å². The van der Waals surface area contributed by atoms with Gasteiger partial charge in [0.05, 0.1) is 0 Å². The average Bonchev–Trinajstić information content (AvgIpc) is 2.30. The van der Waals surface area contributed by atoms with Crippen LogP contribution in [0.25, 0.3) is 0 Å². The first-order valence-corrected chi connectivity index (χ1v) is 5.75. The first kappa shape index (κ1) is 10.9. The van der Waals surface area contributed by atoms with Gasteiger partial charge in [0.1, 0.15) is 5.69 Å². The minimum atomic E-state index is -0.192. The summed E-state index contributed by atoms with van der Waals surface area (Å²) in [4.78, 5) is 25.8. The van der Waals surface area contributed by atoms with Crippen LogP contribution >= 0.6 is 0 Å². The predicted molar refractivity (Wildman–Crippen MR) is 62.6 cm³/mol. The van der Waals surface area contributed by atoms with E-state index in [1.165, 1.54) is 0 Å². The van der Waals surface area contributed by atoms with Crippen LogP contribution in [0.15, 0.2) is 10.9 Å². The molecular weight excluding hydrogens is 204 g/mol. The molecule has 86 valence electrons. The lowest BCUT2D eigenvalue weighted by molar-refractivity contribution is -0.115. The van der Waals surface area contributed by atoms with Crippen LogP contribution in [0.4, 0.5) is 5.69 Å². The van der Waals surface area contributed by atoms with E-state index in [-0.39, 0.29) is 11.5 Å². The molecule has 0 aromatic carbocycles. The maximum absolute atomic E-state index is 11.7. The Kier molecular flexibility index (Phi) is 3.08. The molecule has 1 amide bonds. The number of anilines is 1. The van der Waals surface area contributed by atoms with Gasteiger partial charge >= 0.3 is 0 Å².